The summed E-state index contributed by atoms with van der Waals surface area (Å²) in [5, 5.41) is 0. The highest BCUT2D eigenvalue weighted by Gasteiger charge is 2.16. The monoisotopic (exact) mass is 443 g/mol. The number of hydrogen-bond acceptors (Lipinski definition) is 1. The van der Waals surface area contributed by atoms with Gasteiger partial charge in [0.05, 0.1) is 0 Å². The van der Waals surface area contributed by atoms with Crippen LogP contribution in [-0.2, 0) is 4.79 Å². The molecule has 0 bridgehead atoms. The van der Waals surface area contributed by atoms with Crippen molar-refractivity contribution in [2.45, 2.75) is 135 Å². The van der Waals surface area contributed by atoms with Crippen molar-refractivity contribution in [3.63, 3.8) is 0 Å². The van der Waals surface area contributed by atoms with Crippen LogP contribution in [0.2, 0.25) is 0 Å². The third kappa shape index (κ3) is 18.3. The van der Waals surface area contributed by atoms with Crippen LogP contribution >= 0.6 is 0 Å². The van der Waals surface area contributed by atoms with E-state index in [4.69, 9.17) is 0 Å². The molecule has 0 aliphatic carbocycles. The molecule has 0 aromatic heterocycles. The first-order valence-corrected chi connectivity index (χ1v) is 14.1. The molecule has 1 rings (SSSR count). The van der Waals surface area contributed by atoms with Gasteiger partial charge in [0.2, 0.25) is 5.91 Å². The van der Waals surface area contributed by atoms with Gasteiger partial charge in [-0.05, 0) is 70.6 Å². The van der Waals surface area contributed by atoms with Crippen molar-refractivity contribution in [3.05, 3.63) is 36.5 Å². The van der Waals surface area contributed by atoms with E-state index in [2.05, 4.69) is 43.4 Å². The maximum Gasteiger partial charge on any atom is 0.222 e. The largest absolute Gasteiger partial charge is 0.343 e. The van der Waals surface area contributed by atoms with E-state index in [1.54, 1.807) is 0 Å². The van der Waals surface area contributed by atoms with Crippen LogP contribution in [0.4, 0.5) is 0 Å². The molecule has 0 aromatic rings. The second kappa shape index (κ2) is 22.9. The lowest BCUT2D eigenvalue weighted by molar-refractivity contribution is -0.130. The number of hydrogen-bond donors (Lipinski definition) is 0. The van der Waals surface area contributed by atoms with Crippen molar-refractivity contribution < 1.29 is 4.79 Å². The van der Waals surface area contributed by atoms with Gasteiger partial charge in [-0.2, -0.15) is 0 Å². The van der Waals surface area contributed by atoms with Gasteiger partial charge in [-0.25, -0.2) is 0 Å². The average molecular weight is 444 g/mol. The van der Waals surface area contributed by atoms with Crippen LogP contribution in [0.3, 0.4) is 0 Å². The second-order valence-electron chi connectivity index (χ2n) is 9.52. The lowest BCUT2D eigenvalue weighted by Crippen LogP contribution is -2.27. The summed E-state index contributed by atoms with van der Waals surface area (Å²) in [7, 11) is 0. The quantitative estimate of drug-likeness (QED) is 0.128. The summed E-state index contributed by atoms with van der Waals surface area (Å²) in [5.74, 6) is 0.361. The Hall–Kier alpha value is -1.31. The highest BCUT2D eigenvalue weighted by molar-refractivity contribution is 5.76. The third-order valence-corrected chi connectivity index (χ3v) is 6.44. The van der Waals surface area contributed by atoms with E-state index >= 15 is 0 Å². The van der Waals surface area contributed by atoms with E-state index in [-0.39, 0.29) is 0 Å². The van der Waals surface area contributed by atoms with Crippen LogP contribution in [0.1, 0.15) is 135 Å². The Morgan fingerprint density at radius 2 is 0.969 bits per heavy atom. The summed E-state index contributed by atoms with van der Waals surface area (Å²) in [4.78, 5) is 14.0. The first-order valence-electron chi connectivity index (χ1n) is 14.1. The molecule has 1 saturated heterocycles. The van der Waals surface area contributed by atoms with Crippen LogP contribution in [0.15, 0.2) is 36.5 Å². The minimum atomic E-state index is 0.361. The molecule has 1 amide bonds. The normalized spacial score (nSPS) is 14.6. The van der Waals surface area contributed by atoms with Gasteiger partial charge in [0.25, 0.3) is 0 Å². The minimum Gasteiger partial charge on any atom is -0.343 e. The van der Waals surface area contributed by atoms with Gasteiger partial charge in [-0.1, -0.05) is 94.7 Å². The molecule has 0 atom stereocenters. The summed E-state index contributed by atoms with van der Waals surface area (Å²) in [6.07, 6.45) is 39.1. The lowest BCUT2D eigenvalue weighted by atomic mass is 10.1. The molecular formula is C30H53NO. The molecule has 0 radical (unpaired) electrons. The van der Waals surface area contributed by atoms with Gasteiger partial charge in [0, 0.05) is 19.5 Å². The number of allylic oxidation sites excluding steroid dienone is 6. The van der Waals surface area contributed by atoms with Crippen LogP contribution < -0.4 is 0 Å². The molecule has 32 heavy (non-hydrogen) atoms. The maximum atomic E-state index is 12.0. The summed E-state index contributed by atoms with van der Waals surface area (Å²) in [6.45, 7) is 4.23. The SMILES string of the molecule is CCCCC=CCCCCCCCCCCC=CCCC=CCCCC(=O)N1CCCC1. The zero-order valence-corrected chi connectivity index (χ0v) is 21.4. The van der Waals surface area contributed by atoms with Crippen molar-refractivity contribution in [2.75, 3.05) is 13.1 Å². The molecule has 0 spiro atoms. The van der Waals surface area contributed by atoms with Gasteiger partial charge >= 0.3 is 0 Å². The number of unbranched alkanes of at least 4 members (excludes halogenated alkanes) is 13. The van der Waals surface area contributed by atoms with E-state index in [9.17, 15) is 4.79 Å². The number of carbonyl (C=O) groups is 1. The molecule has 0 aromatic carbocycles. The zero-order valence-electron chi connectivity index (χ0n) is 21.4. The lowest BCUT2D eigenvalue weighted by Gasteiger charge is -2.14. The van der Waals surface area contributed by atoms with E-state index in [1.807, 2.05) is 4.90 Å². The van der Waals surface area contributed by atoms with E-state index in [0.29, 0.717) is 5.91 Å². The first-order chi connectivity index (χ1) is 15.8. The number of carbonyl (C=O) groups excluding carboxylic acids is 1. The Balaban J connectivity index is 1.75. The average Bonchev–Trinajstić information content (AvgIpc) is 3.34. The predicted molar refractivity (Wildman–Crippen MR) is 142 cm³/mol. The van der Waals surface area contributed by atoms with Crippen LogP contribution in [0, 0.1) is 0 Å². The number of amides is 1. The molecule has 0 unspecified atom stereocenters. The van der Waals surface area contributed by atoms with Crippen LogP contribution in [-0.4, -0.2) is 23.9 Å². The van der Waals surface area contributed by atoms with Crippen molar-refractivity contribution in [2.24, 2.45) is 0 Å². The van der Waals surface area contributed by atoms with Gasteiger partial charge in [-0.3, -0.25) is 4.79 Å². The molecule has 1 fully saturated rings. The minimum absolute atomic E-state index is 0.361. The maximum absolute atomic E-state index is 12.0. The van der Waals surface area contributed by atoms with Gasteiger partial charge < -0.3 is 4.90 Å². The van der Waals surface area contributed by atoms with E-state index < -0.39 is 0 Å². The Morgan fingerprint density at radius 3 is 1.47 bits per heavy atom. The Kier molecular flexibility index (Phi) is 20.5. The molecule has 1 aliphatic rings. The van der Waals surface area contributed by atoms with Crippen molar-refractivity contribution in [3.8, 4) is 0 Å². The van der Waals surface area contributed by atoms with Crippen LogP contribution in [0.25, 0.3) is 0 Å². The summed E-state index contributed by atoms with van der Waals surface area (Å²) >= 11 is 0. The Bertz CT molecular complexity index is 499. The highest BCUT2D eigenvalue weighted by atomic mass is 16.2. The highest BCUT2D eigenvalue weighted by Crippen LogP contribution is 2.12. The molecule has 2 nitrogen and oxygen atoms in total. The van der Waals surface area contributed by atoms with Crippen molar-refractivity contribution in [1.29, 1.82) is 0 Å². The summed E-state index contributed by atoms with van der Waals surface area (Å²) in [5.41, 5.74) is 0. The third-order valence-electron chi connectivity index (χ3n) is 6.44. The smallest absolute Gasteiger partial charge is 0.222 e. The fraction of sp³-hybridized carbons (Fsp3) is 0.767. The van der Waals surface area contributed by atoms with Crippen molar-refractivity contribution >= 4 is 5.91 Å². The summed E-state index contributed by atoms with van der Waals surface area (Å²) in [6, 6.07) is 0. The molecule has 184 valence electrons. The molecule has 0 N–H and O–H groups in total. The second-order valence-corrected chi connectivity index (χ2v) is 9.52. The molecular weight excluding hydrogens is 390 g/mol. The predicted octanol–water partition coefficient (Wildman–Crippen LogP) is 9.32. The molecule has 0 saturated carbocycles. The number of rotatable bonds is 21. The van der Waals surface area contributed by atoms with Crippen molar-refractivity contribution in [1.82, 2.24) is 4.90 Å². The van der Waals surface area contributed by atoms with Crippen LogP contribution in [0.5, 0.6) is 0 Å². The van der Waals surface area contributed by atoms with Gasteiger partial charge in [0.1, 0.15) is 0 Å². The topological polar surface area (TPSA) is 20.3 Å². The molecule has 1 heterocycles. The summed E-state index contributed by atoms with van der Waals surface area (Å²) < 4.78 is 0. The number of likely N-dealkylation sites (tertiary alicyclic amines) is 1. The fourth-order valence-electron chi connectivity index (χ4n) is 4.30. The fourth-order valence-corrected chi connectivity index (χ4v) is 4.30. The van der Waals surface area contributed by atoms with E-state index in [1.165, 1.54) is 96.3 Å². The van der Waals surface area contributed by atoms with E-state index in [0.717, 1.165) is 45.2 Å². The zero-order chi connectivity index (χ0) is 23.0. The molecule has 2 heteroatoms. The van der Waals surface area contributed by atoms with Gasteiger partial charge in [-0.15, -0.1) is 0 Å². The number of nitrogens with zero attached hydrogens (tertiary/aromatic N) is 1. The standard InChI is InChI=1S/C30H53NO/c1-2-3-4-5-6-7-8-9-10-11-12-13-14-15-16-17-18-19-20-21-22-23-24-27-30(32)31-28-25-26-29-31/h5-6,17-18,21-22H,2-4,7-16,19-20,23-29H2,1H3. The Labute approximate surface area is 200 Å². The van der Waals surface area contributed by atoms with Gasteiger partial charge in [0.15, 0.2) is 0 Å². The molecule has 1 aliphatic heterocycles. The first kappa shape index (κ1) is 28.7. The Morgan fingerprint density at radius 1 is 0.562 bits per heavy atom.